The quantitative estimate of drug-likeness (QED) is 0.652. The number of hydrogen-bond acceptors (Lipinski definition) is 4. The van der Waals surface area contributed by atoms with E-state index in [-0.39, 0.29) is 0 Å². The van der Waals surface area contributed by atoms with Gasteiger partial charge in [0.2, 0.25) is 5.91 Å². The van der Waals surface area contributed by atoms with Crippen LogP contribution in [0.25, 0.3) is 0 Å². The maximum atomic E-state index is 11.8. The summed E-state index contributed by atoms with van der Waals surface area (Å²) in [5, 5.41) is 0. The van der Waals surface area contributed by atoms with E-state index in [2.05, 4.69) is 0 Å². The number of hydrogen-bond donors (Lipinski definition) is 2. The molecule has 1 aromatic rings. The van der Waals surface area contributed by atoms with Gasteiger partial charge in [-0.1, -0.05) is 24.3 Å². The second-order valence-corrected chi connectivity index (χ2v) is 3.68. The van der Waals surface area contributed by atoms with Crippen molar-refractivity contribution >= 4 is 17.5 Å². The maximum Gasteiger partial charge on any atom is 0.235 e. The number of amides is 1. The zero-order chi connectivity index (χ0) is 11.9. The lowest BCUT2D eigenvalue weighted by Crippen LogP contribution is -2.46. The molecule has 0 aliphatic heterocycles. The smallest absolute Gasteiger partial charge is 0.235 e. The van der Waals surface area contributed by atoms with Crippen LogP contribution in [-0.2, 0) is 4.79 Å². The molecule has 5 heteroatoms. The van der Waals surface area contributed by atoms with Crippen LogP contribution < -0.4 is 11.5 Å². The minimum Gasteiger partial charge on any atom is -0.368 e. The van der Waals surface area contributed by atoms with Crippen molar-refractivity contribution in [2.24, 2.45) is 17.4 Å². The molecule has 1 aromatic carbocycles. The van der Waals surface area contributed by atoms with Gasteiger partial charge in [0.15, 0.2) is 11.6 Å². The lowest BCUT2D eigenvalue weighted by atomic mass is 9.95. The highest BCUT2D eigenvalue weighted by Gasteiger charge is 2.43. The molecule has 5 nitrogen and oxygen atoms in total. The van der Waals surface area contributed by atoms with E-state index in [0.29, 0.717) is 11.1 Å². The molecule has 0 heterocycles. The summed E-state index contributed by atoms with van der Waals surface area (Å²) in [7, 11) is 0. The van der Waals surface area contributed by atoms with Crippen LogP contribution in [0.15, 0.2) is 24.3 Å². The van der Waals surface area contributed by atoms with E-state index in [0.717, 1.165) is 0 Å². The van der Waals surface area contributed by atoms with E-state index < -0.39 is 29.4 Å². The Hall–Kier alpha value is -2.01. The summed E-state index contributed by atoms with van der Waals surface area (Å²) >= 11 is 0. The van der Waals surface area contributed by atoms with Crippen molar-refractivity contribution in [3.05, 3.63) is 35.4 Å². The van der Waals surface area contributed by atoms with E-state index in [1.54, 1.807) is 24.3 Å². The number of carbonyl (C=O) groups is 3. The van der Waals surface area contributed by atoms with E-state index in [1.807, 2.05) is 0 Å². The van der Waals surface area contributed by atoms with Gasteiger partial charge in [-0.3, -0.25) is 14.4 Å². The molecule has 1 atom stereocenters. The van der Waals surface area contributed by atoms with E-state index >= 15 is 0 Å². The summed E-state index contributed by atoms with van der Waals surface area (Å²) in [6, 6.07) is 5.14. The number of Topliss-reactive ketones (excluding diaryl/α,β-unsaturated/α-hetero) is 2. The zero-order valence-electron chi connectivity index (χ0n) is 8.34. The molecule has 4 N–H and O–H groups in total. The van der Waals surface area contributed by atoms with Gasteiger partial charge in [0.05, 0.1) is 0 Å². The number of primary amides is 1. The normalized spacial score (nSPS) is 17.3. The molecule has 0 aromatic heterocycles. The summed E-state index contributed by atoms with van der Waals surface area (Å²) in [5.41, 5.74) is 11.1. The number of carbonyl (C=O) groups excluding carboxylic acids is 3. The van der Waals surface area contributed by atoms with Crippen LogP contribution in [0, 0.1) is 5.92 Å². The highest BCUT2D eigenvalue weighted by atomic mass is 16.2. The first-order valence-electron chi connectivity index (χ1n) is 4.76. The molecule has 0 radical (unpaired) electrons. The second-order valence-electron chi connectivity index (χ2n) is 3.68. The van der Waals surface area contributed by atoms with E-state index in [1.165, 1.54) is 0 Å². The highest BCUT2D eigenvalue weighted by molar-refractivity contribution is 6.28. The lowest BCUT2D eigenvalue weighted by molar-refractivity contribution is -0.119. The van der Waals surface area contributed by atoms with E-state index in [9.17, 15) is 14.4 Å². The van der Waals surface area contributed by atoms with Crippen LogP contribution in [-0.4, -0.2) is 23.5 Å². The van der Waals surface area contributed by atoms with Crippen LogP contribution >= 0.6 is 0 Å². The van der Waals surface area contributed by atoms with Crippen molar-refractivity contribution in [1.82, 2.24) is 0 Å². The summed E-state index contributed by atoms with van der Waals surface area (Å²) in [6.07, 6.45) is 0. The average molecular weight is 218 g/mol. The van der Waals surface area contributed by atoms with Gasteiger partial charge in [-0.15, -0.1) is 0 Å². The molecule has 0 fully saturated rings. The zero-order valence-corrected chi connectivity index (χ0v) is 8.34. The molecular weight excluding hydrogens is 208 g/mol. The Balaban J connectivity index is 2.46. The predicted octanol–water partition coefficient (Wildman–Crippen LogP) is -0.506. The Bertz CT molecular complexity index is 461. The lowest BCUT2D eigenvalue weighted by Gasteiger charge is -2.12. The number of fused-ring (bicyclic) bond motifs is 1. The molecule has 1 aliphatic carbocycles. The third-order valence-corrected chi connectivity index (χ3v) is 2.71. The van der Waals surface area contributed by atoms with Crippen molar-refractivity contribution < 1.29 is 14.4 Å². The first kappa shape index (κ1) is 10.5. The van der Waals surface area contributed by atoms with Gasteiger partial charge in [-0.25, -0.2) is 0 Å². The first-order chi connectivity index (χ1) is 7.54. The van der Waals surface area contributed by atoms with Crippen LogP contribution in [0.4, 0.5) is 0 Å². The van der Waals surface area contributed by atoms with Crippen LogP contribution in [0.1, 0.15) is 20.7 Å². The second kappa shape index (κ2) is 3.53. The molecule has 1 aliphatic rings. The fourth-order valence-corrected chi connectivity index (χ4v) is 1.86. The number of ketones is 2. The summed E-state index contributed by atoms with van der Waals surface area (Å²) in [5.74, 6) is -2.85. The van der Waals surface area contributed by atoms with Crippen LogP contribution in [0.3, 0.4) is 0 Å². The number of nitrogens with two attached hydrogens (primary N) is 2. The van der Waals surface area contributed by atoms with Gasteiger partial charge >= 0.3 is 0 Å². The largest absolute Gasteiger partial charge is 0.368 e. The fraction of sp³-hybridized carbons (Fsp3) is 0.182. The van der Waals surface area contributed by atoms with Gasteiger partial charge in [0.25, 0.3) is 0 Å². The Labute approximate surface area is 91.4 Å². The van der Waals surface area contributed by atoms with Crippen LogP contribution in [0.2, 0.25) is 0 Å². The van der Waals surface area contributed by atoms with Gasteiger partial charge in [0, 0.05) is 11.1 Å². The molecule has 0 saturated carbocycles. The summed E-state index contributed by atoms with van der Waals surface area (Å²) in [6.45, 7) is 0. The third-order valence-electron chi connectivity index (χ3n) is 2.71. The number of rotatable bonds is 2. The topological polar surface area (TPSA) is 103 Å². The van der Waals surface area contributed by atoms with Gasteiger partial charge in [-0.2, -0.15) is 0 Å². The van der Waals surface area contributed by atoms with Gasteiger partial charge in [-0.05, 0) is 0 Å². The number of benzene rings is 1. The average Bonchev–Trinajstić information content (AvgIpc) is 2.52. The van der Waals surface area contributed by atoms with Crippen molar-refractivity contribution in [2.45, 2.75) is 6.04 Å². The minimum absolute atomic E-state index is 0.314. The van der Waals surface area contributed by atoms with Crippen LogP contribution in [0.5, 0.6) is 0 Å². The molecule has 82 valence electrons. The maximum absolute atomic E-state index is 11.8. The molecule has 16 heavy (non-hydrogen) atoms. The summed E-state index contributed by atoms with van der Waals surface area (Å²) in [4.78, 5) is 34.6. The van der Waals surface area contributed by atoms with Crippen molar-refractivity contribution in [1.29, 1.82) is 0 Å². The molecule has 0 saturated heterocycles. The standard InChI is InChI=1S/C11H10N2O3/c12-8(11(13)16)7-9(14)5-3-1-2-4-6(5)10(7)15/h1-4,7-8H,12H2,(H2,13,16)/t8-/m1/s1. The highest BCUT2D eigenvalue weighted by Crippen LogP contribution is 2.28. The third kappa shape index (κ3) is 1.33. The summed E-state index contributed by atoms with van der Waals surface area (Å²) < 4.78 is 0. The Morgan fingerprint density at radius 3 is 1.94 bits per heavy atom. The Kier molecular flexibility index (Phi) is 2.32. The SMILES string of the molecule is NC(=O)[C@H](N)C1C(=O)c2ccccc2C1=O. The van der Waals surface area contributed by atoms with Crippen molar-refractivity contribution in [3.8, 4) is 0 Å². The van der Waals surface area contributed by atoms with E-state index in [4.69, 9.17) is 11.5 Å². The molecule has 0 unspecified atom stereocenters. The minimum atomic E-state index is -1.26. The first-order valence-corrected chi connectivity index (χ1v) is 4.76. The molecule has 1 amide bonds. The molecule has 2 rings (SSSR count). The predicted molar refractivity (Wildman–Crippen MR) is 55.8 cm³/mol. The molecule has 0 spiro atoms. The van der Waals surface area contributed by atoms with Crippen molar-refractivity contribution in [2.75, 3.05) is 0 Å². The van der Waals surface area contributed by atoms with Gasteiger partial charge < -0.3 is 11.5 Å². The Morgan fingerprint density at radius 1 is 1.12 bits per heavy atom. The monoisotopic (exact) mass is 218 g/mol. The van der Waals surface area contributed by atoms with Crippen molar-refractivity contribution in [3.63, 3.8) is 0 Å². The fourth-order valence-electron chi connectivity index (χ4n) is 1.86. The van der Waals surface area contributed by atoms with Gasteiger partial charge in [0.1, 0.15) is 12.0 Å². The molecule has 0 bridgehead atoms. The Morgan fingerprint density at radius 2 is 1.56 bits per heavy atom. The molecular formula is C11H10N2O3.